The number of hydrogen-bond acceptors (Lipinski definition) is 4. The molecule has 98 valence electrons. The van der Waals surface area contributed by atoms with Crippen LogP contribution < -0.4 is 4.74 Å². The number of hydrogen-bond donors (Lipinski definition) is 0. The molecular weight excluding hydrogens is 342 g/mol. The van der Waals surface area contributed by atoms with E-state index < -0.39 is 22.2 Å². The van der Waals surface area contributed by atoms with Gasteiger partial charge in [0, 0.05) is 12.3 Å². The second-order valence-corrected chi connectivity index (χ2v) is 4.68. The van der Waals surface area contributed by atoms with Crippen LogP contribution in [0.2, 0.25) is 5.02 Å². The normalized spacial score (nSPS) is 10.3. The van der Waals surface area contributed by atoms with Crippen LogP contribution in [-0.2, 0) is 0 Å². The van der Waals surface area contributed by atoms with Crippen molar-refractivity contribution in [2.75, 3.05) is 0 Å². The number of rotatable bonds is 3. The highest BCUT2D eigenvalue weighted by atomic mass is 79.9. The van der Waals surface area contributed by atoms with E-state index in [0.29, 0.717) is 9.50 Å². The lowest BCUT2D eigenvalue weighted by Crippen LogP contribution is -1.97. The number of nitrogens with zero attached hydrogens (tertiary/aromatic N) is 2. The summed E-state index contributed by atoms with van der Waals surface area (Å²) in [6.45, 7) is 0. The third-order valence-corrected chi connectivity index (χ3v) is 2.89. The average Bonchev–Trinajstić information content (AvgIpc) is 2.34. The summed E-state index contributed by atoms with van der Waals surface area (Å²) in [4.78, 5) is 13.9. The quantitative estimate of drug-likeness (QED) is 0.612. The Morgan fingerprint density at radius 1 is 1.47 bits per heavy atom. The van der Waals surface area contributed by atoms with Crippen LogP contribution in [0.4, 0.5) is 10.1 Å². The summed E-state index contributed by atoms with van der Waals surface area (Å²) in [5, 5.41) is 11.2. The van der Waals surface area contributed by atoms with Crippen LogP contribution in [-0.4, -0.2) is 9.91 Å². The topological polar surface area (TPSA) is 65.3 Å². The largest absolute Gasteiger partial charge is 0.427 e. The summed E-state index contributed by atoms with van der Waals surface area (Å²) in [7, 11) is 0. The van der Waals surface area contributed by atoms with Crippen molar-refractivity contribution in [1.29, 1.82) is 0 Å². The minimum atomic E-state index is -0.849. The van der Waals surface area contributed by atoms with E-state index in [1.165, 1.54) is 18.3 Å². The summed E-state index contributed by atoms with van der Waals surface area (Å²) in [5.74, 6) is -1.36. The van der Waals surface area contributed by atoms with Gasteiger partial charge in [0.15, 0.2) is 5.82 Å². The maximum absolute atomic E-state index is 13.6. The van der Waals surface area contributed by atoms with Gasteiger partial charge in [-0.25, -0.2) is 9.37 Å². The zero-order valence-electron chi connectivity index (χ0n) is 9.14. The summed E-state index contributed by atoms with van der Waals surface area (Å²) >= 11 is 8.83. The van der Waals surface area contributed by atoms with Crippen LogP contribution in [0.15, 0.2) is 34.9 Å². The predicted molar refractivity (Wildman–Crippen MR) is 70.1 cm³/mol. The Morgan fingerprint density at radius 3 is 2.84 bits per heavy atom. The third-order valence-electron chi connectivity index (χ3n) is 2.12. The fourth-order valence-electron chi connectivity index (χ4n) is 1.32. The summed E-state index contributed by atoms with van der Waals surface area (Å²) < 4.78 is 19.1. The molecule has 19 heavy (non-hydrogen) atoms. The van der Waals surface area contributed by atoms with E-state index in [1.54, 1.807) is 0 Å². The van der Waals surface area contributed by atoms with Crippen molar-refractivity contribution in [1.82, 2.24) is 4.98 Å². The number of aromatic nitrogens is 1. The van der Waals surface area contributed by atoms with Gasteiger partial charge in [-0.05, 0) is 28.1 Å². The molecule has 2 rings (SSSR count). The first-order valence-corrected chi connectivity index (χ1v) is 6.08. The van der Waals surface area contributed by atoms with Crippen molar-refractivity contribution in [3.8, 4) is 11.6 Å². The number of para-hydroxylation sites is 1. The Morgan fingerprint density at radius 2 is 2.21 bits per heavy atom. The van der Waals surface area contributed by atoms with Crippen molar-refractivity contribution in [2.45, 2.75) is 0 Å². The van der Waals surface area contributed by atoms with Gasteiger partial charge in [0.05, 0.1) is 14.4 Å². The fourth-order valence-corrected chi connectivity index (χ4v) is 2.04. The Kier molecular flexibility index (Phi) is 3.96. The van der Waals surface area contributed by atoms with Gasteiger partial charge < -0.3 is 4.74 Å². The van der Waals surface area contributed by atoms with E-state index in [9.17, 15) is 14.5 Å². The van der Waals surface area contributed by atoms with Gasteiger partial charge in [0.1, 0.15) is 0 Å². The van der Waals surface area contributed by atoms with Gasteiger partial charge in [0.25, 0.3) is 0 Å². The molecule has 0 aliphatic heterocycles. The predicted octanol–water partition coefficient (Wildman–Crippen LogP) is 4.34. The fraction of sp³-hybridized carbons (Fsp3) is 0. The van der Waals surface area contributed by atoms with Crippen LogP contribution >= 0.6 is 27.5 Å². The Labute approximate surface area is 120 Å². The second-order valence-electron chi connectivity index (χ2n) is 3.39. The molecule has 1 heterocycles. The number of ether oxygens (including phenoxy) is 1. The zero-order valence-corrected chi connectivity index (χ0v) is 11.5. The maximum Gasteiger partial charge on any atom is 0.314 e. The molecule has 0 bridgehead atoms. The number of benzene rings is 1. The molecule has 2 aromatic rings. The summed E-state index contributed by atoms with van der Waals surface area (Å²) in [6, 6.07) is 4.91. The molecule has 0 N–H and O–H groups in total. The second kappa shape index (κ2) is 5.50. The van der Waals surface area contributed by atoms with Crippen LogP contribution in [0, 0.1) is 15.9 Å². The van der Waals surface area contributed by atoms with Gasteiger partial charge in [0.2, 0.25) is 11.6 Å². The van der Waals surface area contributed by atoms with Gasteiger partial charge in [-0.15, -0.1) is 0 Å². The molecule has 0 unspecified atom stereocenters. The minimum Gasteiger partial charge on any atom is -0.427 e. The molecule has 0 aliphatic rings. The first-order valence-electron chi connectivity index (χ1n) is 4.91. The number of nitro groups is 1. The van der Waals surface area contributed by atoms with Gasteiger partial charge in [-0.1, -0.05) is 17.7 Å². The zero-order chi connectivity index (χ0) is 14.0. The Hall–Kier alpha value is -1.73. The lowest BCUT2D eigenvalue weighted by Gasteiger charge is -2.07. The molecule has 0 atom stereocenters. The van der Waals surface area contributed by atoms with E-state index >= 15 is 0 Å². The smallest absolute Gasteiger partial charge is 0.314 e. The van der Waals surface area contributed by atoms with E-state index in [-0.39, 0.29) is 5.88 Å². The van der Waals surface area contributed by atoms with E-state index in [1.807, 2.05) is 0 Å². The van der Waals surface area contributed by atoms with Crippen LogP contribution in [0.1, 0.15) is 0 Å². The molecule has 0 radical (unpaired) electrons. The first kappa shape index (κ1) is 13.7. The van der Waals surface area contributed by atoms with Crippen LogP contribution in [0.25, 0.3) is 0 Å². The third kappa shape index (κ3) is 2.99. The first-order chi connectivity index (χ1) is 8.99. The lowest BCUT2D eigenvalue weighted by molar-refractivity contribution is -0.385. The Bertz CT molecular complexity index is 654. The van der Waals surface area contributed by atoms with Gasteiger partial charge >= 0.3 is 5.69 Å². The standard InChI is InChI=1S/C11H5BrClFN2O3/c12-7-4-6(13)5-15-11(7)19-10-8(14)2-1-3-9(10)16(17)18/h1-5H. The average molecular weight is 348 g/mol. The SMILES string of the molecule is O=[N+]([O-])c1cccc(F)c1Oc1ncc(Cl)cc1Br. The molecule has 1 aromatic carbocycles. The van der Waals surface area contributed by atoms with E-state index in [0.717, 1.165) is 12.1 Å². The molecule has 0 amide bonds. The molecule has 0 aliphatic carbocycles. The van der Waals surface area contributed by atoms with Crippen molar-refractivity contribution < 1.29 is 14.1 Å². The summed E-state index contributed by atoms with van der Waals surface area (Å²) in [6.07, 6.45) is 1.29. The van der Waals surface area contributed by atoms with E-state index in [2.05, 4.69) is 20.9 Å². The maximum atomic E-state index is 13.6. The number of halogens is 3. The van der Waals surface area contributed by atoms with Crippen molar-refractivity contribution in [2.24, 2.45) is 0 Å². The summed E-state index contributed by atoms with van der Waals surface area (Å²) in [5.41, 5.74) is -0.483. The Balaban J connectivity index is 2.46. The van der Waals surface area contributed by atoms with Gasteiger partial charge in [-0.2, -0.15) is 0 Å². The molecular formula is C11H5BrClFN2O3. The monoisotopic (exact) mass is 346 g/mol. The molecule has 0 spiro atoms. The molecule has 0 saturated carbocycles. The van der Waals surface area contributed by atoms with Crippen molar-refractivity contribution in [3.05, 3.63) is 55.9 Å². The van der Waals surface area contributed by atoms with Crippen molar-refractivity contribution in [3.63, 3.8) is 0 Å². The van der Waals surface area contributed by atoms with E-state index in [4.69, 9.17) is 16.3 Å². The van der Waals surface area contributed by atoms with Crippen molar-refractivity contribution >= 4 is 33.2 Å². The van der Waals surface area contributed by atoms with Gasteiger partial charge in [-0.3, -0.25) is 10.1 Å². The molecule has 0 fully saturated rings. The lowest BCUT2D eigenvalue weighted by atomic mass is 10.3. The molecule has 0 saturated heterocycles. The highest BCUT2D eigenvalue weighted by Crippen LogP contribution is 2.36. The number of pyridine rings is 1. The van der Waals surface area contributed by atoms with Crippen LogP contribution in [0.5, 0.6) is 11.6 Å². The molecule has 1 aromatic heterocycles. The molecule has 5 nitrogen and oxygen atoms in total. The minimum absolute atomic E-state index is 0.0161. The van der Waals surface area contributed by atoms with Crippen LogP contribution in [0.3, 0.4) is 0 Å². The highest BCUT2D eigenvalue weighted by molar-refractivity contribution is 9.10. The molecule has 8 heteroatoms. The number of nitro benzene ring substituents is 1. The highest BCUT2D eigenvalue weighted by Gasteiger charge is 2.21.